The van der Waals surface area contributed by atoms with Crippen molar-refractivity contribution >= 4 is 17.5 Å². The highest BCUT2D eigenvalue weighted by Gasteiger charge is 2.41. The van der Waals surface area contributed by atoms with E-state index in [1.54, 1.807) is 29.2 Å². The summed E-state index contributed by atoms with van der Waals surface area (Å²) in [5.41, 5.74) is -0.677. The Hall–Kier alpha value is -1.26. The van der Waals surface area contributed by atoms with Crippen LogP contribution in [-0.2, 0) is 4.79 Å². The Balaban J connectivity index is 1.71. The van der Waals surface area contributed by atoms with Gasteiger partial charge in [0.05, 0.1) is 31.7 Å². The van der Waals surface area contributed by atoms with E-state index in [1.165, 1.54) is 0 Å². The summed E-state index contributed by atoms with van der Waals surface area (Å²) in [4.78, 5) is 13.5. The molecule has 0 atom stereocenters. The van der Waals surface area contributed by atoms with Crippen molar-refractivity contribution in [2.75, 3.05) is 19.7 Å². The summed E-state index contributed by atoms with van der Waals surface area (Å²) in [7, 11) is 0. The van der Waals surface area contributed by atoms with Gasteiger partial charge in [-0.1, -0.05) is 24.6 Å². The van der Waals surface area contributed by atoms with E-state index < -0.39 is 5.60 Å². The number of ether oxygens (including phenoxy) is 1. The van der Waals surface area contributed by atoms with Gasteiger partial charge < -0.3 is 14.7 Å². The molecule has 0 aliphatic carbocycles. The van der Waals surface area contributed by atoms with Gasteiger partial charge in [-0.05, 0) is 24.6 Å². The number of likely N-dealkylation sites (tertiary alicyclic amines) is 1. The Morgan fingerprint density at radius 1 is 1.53 bits per heavy atom. The molecule has 0 aromatic heterocycles. The van der Waals surface area contributed by atoms with Crippen molar-refractivity contribution in [2.45, 2.75) is 25.4 Å². The lowest BCUT2D eigenvalue weighted by molar-refractivity contribution is -0.156. The number of halogens is 1. The molecule has 0 bridgehead atoms. The van der Waals surface area contributed by atoms with Crippen LogP contribution in [0.4, 0.5) is 0 Å². The molecule has 1 aromatic rings. The molecule has 0 unspecified atom stereocenters. The van der Waals surface area contributed by atoms with Gasteiger partial charge in [0.15, 0.2) is 0 Å². The SMILES string of the molecule is CCC1(O)CN(C(=O)CCOc2cccc(Cl)c2)C1. The first-order chi connectivity index (χ1) is 9.02. The topological polar surface area (TPSA) is 49.8 Å². The van der Waals surface area contributed by atoms with Gasteiger partial charge in [0, 0.05) is 5.02 Å². The molecule has 1 aliphatic rings. The zero-order chi connectivity index (χ0) is 13.9. The predicted molar refractivity (Wildman–Crippen MR) is 73.4 cm³/mol. The first-order valence-corrected chi connectivity index (χ1v) is 6.79. The average Bonchev–Trinajstić information content (AvgIpc) is 2.35. The first-order valence-electron chi connectivity index (χ1n) is 6.41. The van der Waals surface area contributed by atoms with Gasteiger partial charge in [-0.3, -0.25) is 4.79 Å². The summed E-state index contributed by atoms with van der Waals surface area (Å²) in [6.07, 6.45) is 0.988. The first kappa shape index (κ1) is 14.2. The van der Waals surface area contributed by atoms with Gasteiger partial charge >= 0.3 is 0 Å². The molecule has 104 valence electrons. The van der Waals surface area contributed by atoms with E-state index in [9.17, 15) is 9.90 Å². The number of hydrogen-bond acceptors (Lipinski definition) is 3. The zero-order valence-corrected chi connectivity index (χ0v) is 11.7. The molecule has 1 amide bonds. The van der Waals surface area contributed by atoms with Gasteiger partial charge in [0.2, 0.25) is 5.91 Å². The van der Waals surface area contributed by atoms with Crippen LogP contribution in [0.3, 0.4) is 0 Å². The molecule has 0 saturated carbocycles. The lowest BCUT2D eigenvalue weighted by Crippen LogP contribution is -2.63. The fraction of sp³-hybridized carbons (Fsp3) is 0.500. The molecule has 1 N–H and O–H groups in total. The van der Waals surface area contributed by atoms with Crippen LogP contribution in [0.2, 0.25) is 5.02 Å². The molecular weight excluding hydrogens is 266 g/mol. The average molecular weight is 284 g/mol. The van der Waals surface area contributed by atoms with E-state index >= 15 is 0 Å². The summed E-state index contributed by atoms with van der Waals surface area (Å²) in [6.45, 7) is 3.10. The molecule has 4 nitrogen and oxygen atoms in total. The maximum Gasteiger partial charge on any atom is 0.226 e. The van der Waals surface area contributed by atoms with Crippen LogP contribution in [-0.4, -0.2) is 41.2 Å². The fourth-order valence-electron chi connectivity index (χ4n) is 2.04. The van der Waals surface area contributed by atoms with Crippen LogP contribution in [0.1, 0.15) is 19.8 Å². The standard InChI is InChI=1S/C14H18ClNO3/c1-2-14(18)9-16(10-14)13(17)6-7-19-12-5-3-4-11(15)8-12/h3-5,8,18H,2,6-7,9-10H2,1H3. The minimum atomic E-state index is -0.677. The van der Waals surface area contributed by atoms with E-state index in [2.05, 4.69) is 0 Å². The molecule has 0 radical (unpaired) electrons. The summed E-state index contributed by atoms with van der Waals surface area (Å²) < 4.78 is 5.46. The lowest BCUT2D eigenvalue weighted by atomic mass is 9.91. The molecule has 19 heavy (non-hydrogen) atoms. The molecule has 1 saturated heterocycles. The number of carbonyl (C=O) groups excluding carboxylic acids is 1. The van der Waals surface area contributed by atoms with Gasteiger partial charge in [-0.25, -0.2) is 0 Å². The molecule has 5 heteroatoms. The van der Waals surface area contributed by atoms with Crippen LogP contribution in [0, 0.1) is 0 Å². The highest BCUT2D eigenvalue weighted by atomic mass is 35.5. The van der Waals surface area contributed by atoms with Crippen LogP contribution < -0.4 is 4.74 Å². The van der Waals surface area contributed by atoms with Crippen molar-refractivity contribution < 1.29 is 14.6 Å². The zero-order valence-electron chi connectivity index (χ0n) is 10.9. The molecule has 1 aromatic carbocycles. The normalized spacial score (nSPS) is 16.9. The second-order valence-electron chi connectivity index (χ2n) is 4.88. The predicted octanol–water partition coefficient (Wildman–Crippen LogP) is 2.09. The van der Waals surface area contributed by atoms with Crippen molar-refractivity contribution in [1.82, 2.24) is 4.90 Å². The van der Waals surface area contributed by atoms with Crippen molar-refractivity contribution in [3.05, 3.63) is 29.3 Å². The lowest BCUT2D eigenvalue weighted by Gasteiger charge is -2.46. The van der Waals surface area contributed by atoms with Crippen LogP contribution in [0.15, 0.2) is 24.3 Å². The third-order valence-corrected chi connectivity index (χ3v) is 3.60. The Kier molecular flexibility index (Phi) is 4.32. The number of rotatable bonds is 5. The number of amides is 1. The van der Waals surface area contributed by atoms with Gasteiger partial charge in [0.1, 0.15) is 5.75 Å². The highest BCUT2D eigenvalue weighted by molar-refractivity contribution is 6.30. The van der Waals surface area contributed by atoms with Gasteiger partial charge in [0.25, 0.3) is 0 Å². The number of benzene rings is 1. The number of nitrogens with zero attached hydrogens (tertiary/aromatic N) is 1. The monoisotopic (exact) mass is 283 g/mol. The van der Waals surface area contributed by atoms with Gasteiger partial charge in [-0.2, -0.15) is 0 Å². The van der Waals surface area contributed by atoms with Gasteiger partial charge in [-0.15, -0.1) is 0 Å². The second-order valence-corrected chi connectivity index (χ2v) is 5.32. The molecule has 1 fully saturated rings. The Morgan fingerprint density at radius 2 is 2.26 bits per heavy atom. The quantitative estimate of drug-likeness (QED) is 0.900. The third-order valence-electron chi connectivity index (χ3n) is 3.36. The minimum absolute atomic E-state index is 0.0140. The minimum Gasteiger partial charge on any atom is -0.493 e. The van der Waals surface area contributed by atoms with E-state index in [4.69, 9.17) is 16.3 Å². The van der Waals surface area contributed by atoms with E-state index in [-0.39, 0.29) is 5.91 Å². The number of aliphatic hydroxyl groups is 1. The van der Waals surface area contributed by atoms with Crippen molar-refractivity contribution in [3.8, 4) is 5.75 Å². The second kappa shape index (κ2) is 5.80. The summed E-state index contributed by atoms with van der Waals surface area (Å²) in [6, 6.07) is 7.09. The fourth-order valence-corrected chi connectivity index (χ4v) is 2.22. The van der Waals surface area contributed by atoms with E-state index in [0.717, 1.165) is 0 Å². The number of β-amino-alcohol motifs (C(OH)–C–C–N with tert-alkyl or cyclic N) is 1. The van der Waals surface area contributed by atoms with Crippen LogP contribution >= 0.6 is 11.6 Å². The van der Waals surface area contributed by atoms with E-state index in [1.807, 2.05) is 6.92 Å². The van der Waals surface area contributed by atoms with E-state index in [0.29, 0.717) is 43.3 Å². The summed E-state index contributed by atoms with van der Waals surface area (Å²) in [5.74, 6) is 0.675. The Morgan fingerprint density at radius 3 is 2.89 bits per heavy atom. The molecule has 1 heterocycles. The molecule has 2 rings (SSSR count). The number of carbonyl (C=O) groups is 1. The molecule has 0 spiro atoms. The smallest absolute Gasteiger partial charge is 0.226 e. The van der Waals surface area contributed by atoms with Crippen LogP contribution in [0.25, 0.3) is 0 Å². The van der Waals surface area contributed by atoms with Crippen molar-refractivity contribution in [2.24, 2.45) is 0 Å². The molecular formula is C14H18ClNO3. The van der Waals surface area contributed by atoms with Crippen LogP contribution in [0.5, 0.6) is 5.75 Å². The Labute approximate surface area is 117 Å². The maximum absolute atomic E-state index is 11.8. The molecule has 1 aliphatic heterocycles. The number of hydrogen-bond donors (Lipinski definition) is 1. The highest BCUT2D eigenvalue weighted by Crippen LogP contribution is 2.24. The third kappa shape index (κ3) is 3.61. The summed E-state index contributed by atoms with van der Waals surface area (Å²) >= 11 is 5.83. The Bertz CT molecular complexity index is 458. The van der Waals surface area contributed by atoms with Crippen molar-refractivity contribution in [1.29, 1.82) is 0 Å². The summed E-state index contributed by atoms with van der Waals surface area (Å²) in [5, 5.41) is 10.4. The largest absolute Gasteiger partial charge is 0.493 e. The maximum atomic E-state index is 11.8. The van der Waals surface area contributed by atoms with Crippen molar-refractivity contribution in [3.63, 3.8) is 0 Å².